The highest BCUT2D eigenvalue weighted by molar-refractivity contribution is 6.30. The lowest BCUT2D eigenvalue weighted by atomic mass is 10.1. The number of hydrogen-bond donors (Lipinski definition) is 1. The highest BCUT2D eigenvalue weighted by Gasteiger charge is 2.27. The third-order valence-electron chi connectivity index (χ3n) is 4.51. The number of amides is 2. The van der Waals surface area contributed by atoms with Gasteiger partial charge in [0.05, 0.1) is 11.3 Å². The second-order valence-electron chi connectivity index (χ2n) is 6.68. The second kappa shape index (κ2) is 10.6. The highest BCUT2D eigenvalue weighted by atomic mass is 35.5. The maximum atomic E-state index is 13.1. The summed E-state index contributed by atoms with van der Waals surface area (Å²) in [4.78, 5) is 37.7. The van der Waals surface area contributed by atoms with Gasteiger partial charge in [-0.05, 0) is 31.0 Å². The topological polar surface area (TPSA) is 92.6 Å². The molecule has 0 bridgehead atoms. The molecule has 0 saturated heterocycles. The van der Waals surface area contributed by atoms with Crippen LogP contribution < -0.4 is 5.32 Å². The van der Waals surface area contributed by atoms with E-state index in [1.54, 1.807) is 49.4 Å². The molecular formula is C21H24ClN3O4. The molecule has 2 rings (SSSR count). The van der Waals surface area contributed by atoms with E-state index in [0.717, 1.165) is 12.0 Å². The van der Waals surface area contributed by atoms with Gasteiger partial charge in [0.25, 0.3) is 5.69 Å². The van der Waals surface area contributed by atoms with E-state index in [1.807, 2.05) is 6.92 Å². The van der Waals surface area contributed by atoms with Crippen LogP contribution in [0.5, 0.6) is 0 Å². The molecular weight excluding hydrogens is 394 g/mol. The minimum absolute atomic E-state index is 0.115. The molecule has 7 nitrogen and oxygen atoms in total. The molecule has 0 radical (unpaired) electrons. The first-order valence-corrected chi connectivity index (χ1v) is 9.75. The molecule has 0 aliphatic rings. The molecule has 0 aliphatic carbocycles. The fraction of sp³-hybridized carbons (Fsp3) is 0.333. The molecule has 2 aromatic carbocycles. The molecule has 0 unspecified atom stereocenters. The summed E-state index contributed by atoms with van der Waals surface area (Å²) in [7, 11) is 0. The molecule has 0 aromatic heterocycles. The number of halogens is 1. The molecule has 1 N–H and O–H groups in total. The molecule has 29 heavy (non-hydrogen) atoms. The number of nitro groups is 1. The van der Waals surface area contributed by atoms with E-state index in [-0.39, 0.29) is 30.5 Å². The van der Waals surface area contributed by atoms with Gasteiger partial charge in [0, 0.05) is 29.7 Å². The molecule has 2 amide bonds. The van der Waals surface area contributed by atoms with Gasteiger partial charge in [0.2, 0.25) is 11.8 Å². The van der Waals surface area contributed by atoms with Crippen LogP contribution in [0, 0.1) is 10.1 Å². The Bertz CT molecular complexity index is 870. The number of benzene rings is 2. The van der Waals surface area contributed by atoms with Crippen LogP contribution in [0.1, 0.15) is 31.4 Å². The lowest BCUT2D eigenvalue weighted by Crippen LogP contribution is -2.48. The van der Waals surface area contributed by atoms with Crippen LogP contribution in [0.15, 0.2) is 48.5 Å². The Morgan fingerprint density at radius 1 is 1.17 bits per heavy atom. The molecule has 154 valence electrons. The van der Waals surface area contributed by atoms with Crippen LogP contribution in [-0.4, -0.2) is 34.2 Å². The van der Waals surface area contributed by atoms with E-state index in [9.17, 15) is 19.7 Å². The number of para-hydroxylation sites is 1. The van der Waals surface area contributed by atoms with E-state index in [0.29, 0.717) is 17.1 Å². The van der Waals surface area contributed by atoms with Crippen molar-refractivity contribution in [3.05, 3.63) is 74.8 Å². The van der Waals surface area contributed by atoms with Crippen LogP contribution in [0.3, 0.4) is 0 Å². The molecule has 0 fully saturated rings. The Hall–Kier alpha value is -2.93. The predicted molar refractivity (Wildman–Crippen MR) is 112 cm³/mol. The number of hydrogen-bond acceptors (Lipinski definition) is 4. The predicted octanol–water partition coefficient (Wildman–Crippen LogP) is 3.73. The monoisotopic (exact) mass is 417 g/mol. The van der Waals surface area contributed by atoms with E-state index in [2.05, 4.69) is 5.32 Å². The third-order valence-corrected chi connectivity index (χ3v) is 4.76. The number of nitro benzene ring substituents is 1. The maximum Gasteiger partial charge on any atom is 0.273 e. The number of carbonyl (C=O) groups is 2. The Morgan fingerprint density at radius 3 is 2.45 bits per heavy atom. The van der Waals surface area contributed by atoms with Crippen molar-refractivity contribution >= 4 is 29.1 Å². The van der Waals surface area contributed by atoms with Crippen LogP contribution >= 0.6 is 11.6 Å². The summed E-state index contributed by atoms with van der Waals surface area (Å²) in [5.74, 6) is -0.634. The summed E-state index contributed by atoms with van der Waals surface area (Å²) in [5.41, 5.74) is 1.00. The molecule has 0 saturated carbocycles. The van der Waals surface area contributed by atoms with Gasteiger partial charge in [-0.2, -0.15) is 0 Å². The summed E-state index contributed by atoms with van der Waals surface area (Å²) >= 11 is 5.93. The molecule has 0 heterocycles. The van der Waals surface area contributed by atoms with Gasteiger partial charge in [-0.1, -0.05) is 48.9 Å². The minimum atomic E-state index is -0.729. The van der Waals surface area contributed by atoms with E-state index in [4.69, 9.17) is 11.6 Å². The van der Waals surface area contributed by atoms with Gasteiger partial charge in [-0.25, -0.2) is 0 Å². The number of nitrogens with zero attached hydrogens (tertiary/aromatic N) is 2. The summed E-state index contributed by atoms with van der Waals surface area (Å²) in [5, 5.41) is 14.6. The first-order chi connectivity index (χ1) is 13.8. The van der Waals surface area contributed by atoms with Crippen molar-refractivity contribution in [2.24, 2.45) is 0 Å². The standard InChI is InChI=1S/C21H24ClN3O4/c1-3-12-23-21(27)15(2)24(14-16-8-10-18(22)11-9-16)20(26)13-17-6-4-5-7-19(17)25(28)29/h4-11,15H,3,12-14H2,1-2H3,(H,23,27)/t15-/m0/s1. The number of carbonyl (C=O) groups excluding carboxylic acids is 2. The lowest BCUT2D eigenvalue weighted by molar-refractivity contribution is -0.385. The van der Waals surface area contributed by atoms with Crippen molar-refractivity contribution in [1.29, 1.82) is 0 Å². The molecule has 0 spiro atoms. The zero-order chi connectivity index (χ0) is 21.4. The highest BCUT2D eigenvalue weighted by Crippen LogP contribution is 2.20. The van der Waals surface area contributed by atoms with Crippen molar-refractivity contribution in [3.63, 3.8) is 0 Å². The second-order valence-corrected chi connectivity index (χ2v) is 7.11. The molecule has 2 aromatic rings. The zero-order valence-electron chi connectivity index (χ0n) is 16.4. The van der Waals surface area contributed by atoms with Crippen molar-refractivity contribution in [3.8, 4) is 0 Å². The fourth-order valence-corrected chi connectivity index (χ4v) is 2.99. The average molecular weight is 418 g/mol. The Kier molecular flexibility index (Phi) is 8.15. The van der Waals surface area contributed by atoms with Crippen molar-refractivity contribution in [1.82, 2.24) is 10.2 Å². The minimum Gasteiger partial charge on any atom is -0.354 e. The van der Waals surface area contributed by atoms with Crippen molar-refractivity contribution in [2.45, 2.75) is 39.3 Å². The summed E-state index contributed by atoms with van der Waals surface area (Å²) in [6.45, 7) is 4.29. The first-order valence-electron chi connectivity index (χ1n) is 9.37. The zero-order valence-corrected chi connectivity index (χ0v) is 17.2. The first kappa shape index (κ1) is 22.4. The van der Waals surface area contributed by atoms with Gasteiger partial charge in [-0.3, -0.25) is 19.7 Å². The van der Waals surface area contributed by atoms with Crippen LogP contribution in [0.4, 0.5) is 5.69 Å². The summed E-state index contributed by atoms with van der Waals surface area (Å²) in [6.07, 6.45) is 0.607. The molecule has 0 aliphatic heterocycles. The third kappa shape index (κ3) is 6.29. The van der Waals surface area contributed by atoms with Crippen LogP contribution in [-0.2, 0) is 22.6 Å². The SMILES string of the molecule is CCCNC(=O)[C@H](C)N(Cc1ccc(Cl)cc1)C(=O)Cc1ccccc1[N+](=O)[O-]. The number of rotatable bonds is 9. The molecule has 1 atom stereocenters. The Balaban J connectivity index is 2.27. The normalized spacial score (nSPS) is 11.6. The van der Waals surface area contributed by atoms with Gasteiger partial charge in [0.15, 0.2) is 0 Å². The maximum absolute atomic E-state index is 13.1. The van der Waals surface area contributed by atoms with Gasteiger partial charge in [-0.15, -0.1) is 0 Å². The lowest BCUT2D eigenvalue weighted by Gasteiger charge is -2.29. The van der Waals surface area contributed by atoms with E-state index < -0.39 is 11.0 Å². The Morgan fingerprint density at radius 2 is 1.83 bits per heavy atom. The van der Waals surface area contributed by atoms with Crippen molar-refractivity contribution in [2.75, 3.05) is 6.54 Å². The number of nitrogens with one attached hydrogen (secondary N) is 1. The summed E-state index contributed by atoms with van der Waals surface area (Å²) in [6, 6.07) is 12.4. The smallest absolute Gasteiger partial charge is 0.273 e. The van der Waals surface area contributed by atoms with Crippen LogP contribution in [0.2, 0.25) is 5.02 Å². The van der Waals surface area contributed by atoms with E-state index >= 15 is 0 Å². The van der Waals surface area contributed by atoms with Gasteiger partial charge >= 0.3 is 0 Å². The fourth-order valence-electron chi connectivity index (χ4n) is 2.87. The van der Waals surface area contributed by atoms with Crippen LogP contribution in [0.25, 0.3) is 0 Å². The van der Waals surface area contributed by atoms with Gasteiger partial charge in [0.1, 0.15) is 6.04 Å². The van der Waals surface area contributed by atoms with Crippen molar-refractivity contribution < 1.29 is 14.5 Å². The largest absolute Gasteiger partial charge is 0.354 e. The Labute approximate surface area is 174 Å². The van der Waals surface area contributed by atoms with Gasteiger partial charge < -0.3 is 10.2 Å². The summed E-state index contributed by atoms with van der Waals surface area (Å²) < 4.78 is 0. The van der Waals surface area contributed by atoms with E-state index in [1.165, 1.54) is 11.0 Å². The average Bonchev–Trinajstić information content (AvgIpc) is 2.71. The molecule has 8 heteroatoms. The quantitative estimate of drug-likeness (QED) is 0.497.